The van der Waals surface area contributed by atoms with Crippen LogP contribution >= 0.6 is 11.8 Å². The topological polar surface area (TPSA) is 64.1 Å². The second-order valence-electron chi connectivity index (χ2n) is 7.43. The molecule has 2 aliphatic rings. The lowest BCUT2D eigenvalue weighted by molar-refractivity contribution is -0.129. The van der Waals surface area contributed by atoms with Crippen molar-refractivity contribution >= 4 is 29.0 Å². The number of benzene rings is 1. The van der Waals surface area contributed by atoms with Gasteiger partial charge >= 0.3 is 0 Å². The Bertz CT molecular complexity index is 945. The van der Waals surface area contributed by atoms with Gasteiger partial charge in [-0.3, -0.25) is 4.79 Å². The first-order valence-corrected chi connectivity index (χ1v) is 11.7. The number of carbonyl (C=O) groups is 1. The largest absolute Gasteiger partial charge is 0.490 e. The predicted molar refractivity (Wildman–Crippen MR) is 118 cm³/mol. The first kappa shape index (κ1) is 21.5. The Hall–Kier alpha value is -2.68. The van der Waals surface area contributed by atoms with E-state index in [4.69, 9.17) is 14.2 Å². The Balaban J connectivity index is 1.48. The summed E-state index contributed by atoms with van der Waals surface area (Å²) >= 11 is 1.68. The summed E-state index contributed by atoms with van der Waals surface area (Å²) in [6, 6.07) is 7.03. The fourth-order valence-corrected chi connectivity index (χ4v) is 4.22. The molecule has 4 rings (SSSR count). The van der Waals surface area contributed by atoms with Crippen molar-refractivity contribution in [1.82, 2.24) is 9.88 Å². The zero-order chi connectivity index (χ0) is 21.8. The van der Waals surface area contributed by atoms with Crippen molar-refractivity contribution in [1.29, 1.82) is 0 Å². The standard InChI is InChI=1S/C22H26FN3O4S/c1-28-22-18(23)11-15(13-24-22)26-8-9-29-20-4-3-16(12-19(20)26)30-17-5-7-25(14-17)21(27)6-10-31-2/h3-4,11-13,17H,5-10,14H2,1-2H3/t17-/m0/s1. The number of fused-ring (bicyclic) bond motifs is 1. The number of hydrogen-bond donors (Lipinski definition) is 0. The van der Waals surface area contributed by atoms with E-state index in [0.29, 0.717) is 43.3 Å². The fraction of sp³-hybridized carbons (Fsp3) is 0.455. The Labute approximate surface area is 185 Å². The number of rotatable bonds is 7. The third-order valence-electron chi connectivity index (χ3n) is 5.41. The lowest BCUT2D eigenvalue weighted by atomic mass is 10.2. The maximum absolute atomic E-state index is 14.2. The molecule has 1 saturated heterocycles. The van der Waals surface area contributed by atoms with Crippen LogP contribution in [-0.4, -0.2) is 67.3 Å². The third kappa shape index (κ3) is 4.81. The van der Waals surface area contributed by atoms with Crippen LogP contribution in [0.15, 0.2) is 30.5 Å². The summed E-state index contributed by atoms with van der Waals surface area (Å²) in [7, 11) is 1.39. The normalized spacial score (nSPS) is 17.8. The van der Waals surface area contributed by atoms with Gasteiger partial charge in [-0.1, -0.05) is 0 Å². The molecule has 1 fully saturated rings. The van der Waals surface area contributed by atoms with Crippen LogP contribution in [0.5, 0.6) is 17.4 Å². The Morgan fingerprint density at radius 1 is 1.35 bits per heavy atom. The molecular weight excluding hydrogens is 421 g/mol. The summed E-state index contributed by atoms with van der Waals surface area (Å²) in [5.74, 6) is 1.86. The van der Waals surface area contributed by atoms with Crippen molar-refractivity contribution < 1.29 is 23.4 Å². The minimum absolute atomic E-state index is 0.0350. The van der Waals surface area contributed by atoms with Gasteiger partial charge in [0, 0.05) is 37.3 Å². The van der Waals surface area contributed by atoms with E-state index in [1.165, 1.54) is 13.2 Å². The smallest absolute Gasteiger partial charge is 0.250 e. The van der Waals surface area contributed by atoms with Gasteiger partial charge in [0.1, 0.15) is 24.2 Å². The van der Waals surface area contributed by atoms with Gasteiger partial charge in [-0.05, 0) is 18.4 Å². The maximum Gasteiger partial charge on any atom is 0.250 e. The minimum Gasteiger partial charge on any atom is -0.490 e. The van der Waals surface area contributed by atoms with Gasteiger partial charge in [0.05, 0.1) is 37.8 Å². The van der Waals surface area contributed by atoms with Crippen LogP contribution in [-0.2, 0) is 4.79 Å². The van der Waals surface area contributed by atoms with Gasteiger partial charge in [0.25, 0.3) is 0 Å². The second-order valence-corrected chi connectivity index (χ2v) is 8.41. The highest BCUT2D eigenvalue weighted by Crippen LogP contribution is 2.40. The number of halogens is 1. The molecule has 0 radical (unpaired) electrons. The zero-order valence-electron chi connectivity index (χ0n) is 17.7. The van der Waals surface area contributed by atoms with Crippen LogP contribution in [0, 0.1) is 5.82 Å². The molecule has 0 aliphatic carbocycles. The van der Waals surface area contributed by atoms with Crippen LogP contribution in [0.3, 0.4) is 0 Å². The Morgan fingerprint density at radius 2 is 2.23 bits per heavy atom. The van der Waals surface area contributed by atoms with Crippen molar-refractivity contribution in [2.45, 2.75) is 18.9 Å². The van der Waals surface area contributed by atoms with Crippen LogP contribution in [0.1, 0.15) is 12.8 Å². The number of likely N-dealkylation sites (tertiary alicyclic amines) is 1. The van der Waals surface area contributed by atoms with Crippen molar-refractivity contribution in [3.8, 4) is 17.4 Å². The van der Waals surface area contributed by atoms with Crippen LogP contribution in [0.2, 0.25) is 0 Å². The van der Waals surface area contributed by atoms with E-state index >= 15 is 0 Å². The summed E-state index contributed by atoms with van der Waals surface area (Å²) < 4.78 is 31.1. The molecule has 0 spiro atoms. The van der Waals surface area contributed by atoms with Gasteiger partial charge < -0.3 is 24.0 Å². The van der Waals surface area contributed by atoms with E-state index in [9.17, 15) is 9.18 Å². The molecule has 2 aliphatic heterocycles. The predicted octanol–water partition coefficient (Wildman–Crippen LogP) is 3.49. The van der Waals surface area contributed by atoms with Gasteiger partial charge in [-0.2, -0.15) is 11.8 Å². The van der Waals surface area contributed by atoms with E-state index in [1.807, 2.05) is 34.3 Å². The number of ether oxygens (including phenoxy) is 3. The molecule has 2 aromatic rings. The highest BCUT2D eigenvalue weighted by molar-refractivity contribution is 7.98. The number of amides is 1. The summed E-state index contributed by atoms with van der Waals surface area (Å²) in [4.78, 5) is 20.1. The lowest BCUT2D eigenvalue weighted by Gasteiger charge is -2.31. The summed E-state index contributed by atoms with van der Waals surface area (Å²) in [5, 5.41) is 0. The van der Waals surface area contributed by atoms with Crippen molar-refractivity contribution in [2.24, 2.45) is 0 Å². The second kappa shape index (κ2) is 9.64. The molecule has 9 heteroatoms. The molecule has 166 valence electrons. The van der Waals surface area contributed by atoms with Gasteiger partial charge in [-0.15, -0.1) is 0 Å². The number of pyridine rings is 1. The molecule has 7 nitrogen and oxygen atoms in total. The Morgan fingerprint density at radius 3 is 3.00 bits per heavy atom. The monoisotopic (exact) mass is 447 g/mol. The molecule has 1 atom stereocenters. The third-order valence-corrected chi connectivity index (χ3v) is 6.02. The fourth-order valence-electron chi connectivity index (χ4n) is 3.84. The zero-order valence-corrected chi connectivity index (χ0v) is 18.5. The van der Waals surface area contributed by atoms with Crippen LogP contribution in [0.25, 0.3) is 0 Å². The molecule has 31 heavy (non-hydrogen) atoms. The number of methoxy groups -OCH3 is 1. The molecule has 0 unspecified atom stereocenters. The Kier molecular flexibility index (Phi) is 6.70. The number of anilines is 2. The van der Waals surface area contributed by atoms with Gasteiger partial charge in [0.15, 0.2) is 5.82 Å². The summed E-state index contributed by atoms with van der Waals surface area (Å²) in [6.45, 7) is 2.36. The van der Waals surface area contributed by atoms with Crippen molar-refractivity contribution in [2.75, 3.05) is 50.3 Å². The minimum atomic E-state index is -0.516. The SMILES string of the molecule is COc1ncc(N2CCOc3ccc(O[C@H]4CCN(C(=O)CCSC)C4)cc32)cc1F. The van der Waals surface area contributed by atoms with E-state index in [-0.39, 0.29) is 17.9 Å². The highest BCUT2D eigenvalue weighted by atomic mass is 32.2. The maximum atomic E-state index is 14.2. The number of thioether (sulfide) groups is 1. The average Bonchev–Trinajstić information content (AvgIpc) is 3.25. The molecule has 0 N–H and O–H groups in total. The van der Waals surface area contributed by atoms with Gasteiger partial charge in [-0.25, -0.2) is 9.37 Å². The molecule has 3 heterocycles. The first-order valence-electron chi connectivity index (χ1n) is 10.3. The van der Waals surface area contributed by atoms with E-state index in [2.05, 4.69) is 4.98 Å². The van der Waals surface area contributed by atoms with Crippen LogP contribution < -0.4 is 19.1 Å². The van der Waals surface area contributed by atoms with Crippen molar-refractivity contribution in [3.05, 3.63) is 36.3 Å². The summed E-state index contributed by atoms with van der Waals surface area (Å²) in [6.07, 6.45) is 4.90. The molecule has 1 aromatic carbocycles. The first-order chi connectivity index (χ1) is 15.1. The number of nitrogens with zero attached hydrogens (tertiary/aromatic N) is 3. The quantitative estimate of drug-likeness (QED) is 0.644. The van der Waals surface area contributed by atoms with Gasteiger partial charge in [0.2, 0.25) is 11.8 Å². The number of hydrogen-bond acceptors (Lipinski definition) is 7. The number of aromatic nitrogens is 1. The molecular formula is C22H26FN3O4S. The van der Waals surface area contributed by atoms with E-state index < -0.39 is 5.82 Å². The highest BCUT2D eigenvalue weighted by Gasteiger charge is 2.28. The number of carbonyl (C=O) groups excluding carboxylic acids is 1. The van der Waals surface area contributed by atoms with E-state index in [1.54, 1.807) is 18.0 Å². The van der Waals surface area contributed by atoms with E-state index in [0.717, 1.165) is 24.4 Å². The molecule has 0 bridgehead atoms. The molecule has 1 amide bonds. The van der Waals surface area contributed by atoms with Crippen molar-refractivity contribution in [3.63, 3.8) is 0 Å². The van der Waals surface area contributed by atoms with Crippen LogP contribution in [0.4, 0.5) is 15.8 Å². The summed E-state index contributed by atoms with van der Waals surface area (Å²) in [5.41, 5.74) is 1.41. The molecule has 1 aromatic heterocycles. The molecule has 0 saturated carbocycles. The average molecular weight is 448 g/mol. The lowest BCUT2D eigenvalue weighted by Crippen LogP contribution is -2.31.